The molecule has 1 atom stereocenters. The van der Waals surface area contributed by atoms with Crippen molar-refractivity contribution in [1.29, 1.82) is 0 Å². The fourth-order valence-corrected chi connectivity index (χ4v) is 3.55. The maximum Gasteiger partial charge on any atom is 0.222 e. The highest BCUT2D eigenvalue weighted by Gasteiger charge is 2.23. The first-order valence-corrected chi connectivity index (χ1v) is 9.12. The Morgan fingerprint density at radius 2 is 2.08 bits per heavy atom. The standard InChI is InChI=1S/C21H25FN2O/c22-20-7-1-4-17(14-20)8-9-19-6-3-13-24(16-19)21(25)11-10-18-5-2-12-23-15-18/h1-2,4-5,7,12,14-15,19H,3,6,8-11,13,16H2/t19-/m1/s1. The third-order valence-corrected chi connectivity index (χ3v) is 4.95. The summed E-state index contributed by atoms with van der Waals surface area (Å²) in [6.07, 6.45) is 8.97. The molecule has 0 bridgehead atoms. The van der Waals surface area contributed by atoms with Gasteiger partial charge in [-0.3, -0.25) is 9.78 Å². The van der Waals surface area contributed by atoms with E-state index in [2.05, 4.69) is 4.98 Å². The number of halogens is 1. The van der Waals surface area contributed by atoms with Crippen LogP contribution < -0.4 is 0 Å². The average molecular weight is 340 g/mol. The molecule has 0 radical (unpaired) electrons. The van der Waals surface area contributed by atoms with E-state index < -0.39 is 0 Å². The molecule has 0 aliphatic carbocycles. The predicted octanol–water partition coefficient (Wildman–Crippen LogP) is 4.02. The molecule has 2 heterocycles. The summed E-state index contributed by atoms with van der Waals surface area (Å²) in [6.45, 7) is 1.70. The monoisotopic (exact) mass is 340 g/mol. The second-order valence-corrected chi connectivity index (χ2v) is 6.88. The van der Waals surface area contributed by atoms with Gasteiger partial charge in [0.05, 0.1) is 0 Å². The van der Waals surface area contributed by atoms with Gasteiger partial charge in [-0.15, -0.1) is 0 Å². The van der Waals surface area contributed by atoms with Crippen LogP contribution in [0.1, 0.15) is 36.8 Å². The molecule has 3 rings (SSSR count). The zero-order valence-electron chi connectivity index (χ0n) is 14.5. The third kappa shape index (κ3) is 5.38. The highest BCUT2D eigenvalue weighted by atomic mass is 19.1. The molecular weight excluding hydrogens is 315 g/mol. The molecule has 132 valence electrons. The Morgan fingerprint density at radius 3 is 2.88 bits per heavy atom. The molecule has 2 aromatic rings. The molecule has 1 saturated heterocycles. The molecule has 4 heteroatoms. The van der Waals surface area contributed by atoms with Crippen molar-refractivity contribution in [3.8, 4) is 0 Å². The molecule has 1 fully saturated rings. The molecule has 1 aliphatic rings. The lowest BCUT2D eigenvalue weighted by molar-refractivity contribution is -0.133. The second kappa shape index (κ2) is 8.75. The van der Waals surface area contributed by atoms with Crippen LogP contribution in [0.25, 0.3) is 0 Å². The number of benzene rings is 1. The number of pyridine rings is 1. The first-order chi connectivity index (χ1) is 12.2. The van der Waals surface area contributed by atoms with E-state index in [-0.39, 0.29) is 11.7 Å². The molecule has 0 N–H and O–H groups in total. The number of rotatable bonds is 6. The van der Waals surface area contributed by atoms with Crippen LogP contribution in [0, 0.1) is 11.7 Å². The Morgan fingerprint density at radius 1 is 1.20 bits per heavy atom. The van der Waals surface area contributed by atoms with Crippen LogP contribution in [0.2, 0.25) is 0 Å². The maximum absolute atomic E-state index is 13.3. The number of aromatic nitrogens is 1. The van der Waals surface area contributed by atoms with Crippen LogP contribution >= 0.6 is 0 Å². The molecule has 25 heavy (non-hydrogen) atoms. The van der Waals surface area contributed by atoms with Crippen molar-refractivity contribution in [3.05, 3.63) is 65.7 Å². The van der Waals surface area contributed by atoms with Gasteiger partial charge in [-0.25, -0.2) is 4.39 Å². The van der Waals surface area contributed by atoms with Crippen LogP contribution in [0.3, 0.4) is 0 Å². The molecular formula is C21H25FN2O. The quantitative estimate of drug-likeness (QED) is 0.795. The zero-order chi connectivity index (χ0) is 17.5. The predicted molar refractivity (Wildman–Crippen MR) is 96.6 cm³/mol. The highest BCUT2D eigenvalue weighted by Crippen LogP contribution is 2.22. The summed E-state index contributed by atoms with van der Waals surface area (Å²) in [5, 5.41) is 0. The van der Waals surface area contributed by atoms with E-state index >= 15 is 0 Å². The summed E-state index contributed by atoms with van der Waals surface area (Å²) in [5.74, 6) is 0.576. The van der Waals surface area contributed by atoms with E-state index in [1.54, 1.807) is 18.3 Å². The first kappa shape index (κ1) is 17.6. The fourth-order valence-electron chi connectivity index (χ4n) is 3.55. The molecule has 1 aromatic heterocycles. The molecule has 0 saturated carbocycles. The summed E-state index contributed by atoms with van der Waals surface area (Å²) in [6, 6.07) is 10.7. The molecule has 0 spiro atoms. The van der Waals surface area contributed by atoms with Gasteiger partial charge in [-0.2, -0.15) is 0 Å². The van der Waals surface area contributed by atoms with Gasteiger partial charge in [0.15, 0.2) is 0 Å². The molecule has 1 aromatic carbocycles. The minimum atomic E-state index is -0.173. The van der Waals surface area contributed by atoms with Crippen molar-refractivity contribution in [3.63, 3.8) is 0 Å². The summed E-state index contributed by atoms with van der Waals surface area (Å²) >= 11 is 0. The van der Waals surface area contributed by atoms with Gasteiger partial charge in [0, 0.05) is 31.9 Å². The molecule has 1 amide bonds. The van der Waals surface area contributed by atoms with E-state index in [1.807, 2.05) is 29.3 Å². The van der Waals surface area contributed by atoms with Gasteiger partial charge in [-0.1, -0.05) is 18.2 Å². The van der Waals surface area contributed by atoms with Gasteiger partial charge in [0.25, 0.3) is 0 Å². The summed E-state index contributed by atoms with van der Waals surface area (Å²) in [4.78, 5) is 18.6. The normalized spacial score (nSPS) is 17.5. The Balaban J connectivity index is 1.46. The third-order valence-electron chi connectivity index (χ3n) is 4.95. The number of hydrogen-bond acceptors (Lipinski definition) is 2. The van der Waals surface area contributed by atoms with E-state index in [1.165, 1.54) is 6.07 Å². The number of carbonyl (C=O) groups excluding carboxylic acids is 1. The van der Waals surface area contributed by atoms with Gasteiger partial charge < -0.3 is 4.90 Å². The number of nitrogens with zero attached hydrogens (tertiary/aromatic N) is 2. The lowest BCUT2D eigenvalue weighted by atomic mass is 9.91. The minimum Gasteiger partial charge on any atom is -0.342 e. The largest absolute Gasteiger partial charge is 0.342 e. The van der Waals surface area contributed by atoms with Gasteiger partial charge in [-0.05, 0) is 67.3 Å². The summed E-state index contributed by atoms with van der Waals surface area (Å²) in [5.41, 5.74) is 2.15. The summed E-state index contributed by atoms with van der Waals surface area (Å²) in [7, 11) is 0. The smallest absolute Gasteiger partial charge is 0.222 e. The van der Waals surface area contributed by atoms with E-state index in [0.29, 0.717) is 12.3 Å². The van der Waals surface area contributed by atoms with Crippen LogP contribution in [0.5, 0.6) is 0 Å². The van der Waals surface area contributed by atoms with Crippen LogP contribution in [0.4, 0.5) is 4.39 Å². The SMILES string of the molecule is O=C(CCc1cccnc1)N1CCC[C@H](CCc2cccc(F)c2)C1. The number of piperidine rings is 1. The number of carbonyl (C=O) groups is 1. The maximum atomic E-state index is 13.3. The van der Waals surface area contributed by atoms with Crippen molar-refractivity contribution < 1.29 is 9.18 Å². The Bertz CT molecular complexity index is 689. The van der Waals surface area contributed by atoms with Crippen molar-refractivity contribution >= 4 is 5.91 Å². The van der Waals surface area contributed by atoms with Crippen LogP contribution in [-0.2, 0) is 17.6 Å². The Labute approximate surface area is 148 Å². The lowest BCUT2D eigenvalue weighted by Crippen LogP contribution is -2.40. The van der Waals surface area contributed by atoms with E-state index in [0.717, 1.165) is 56.3 Å². The number of amides is 1. The van der Waals surface area contributed by atoms with Gasteiger partial charge in [0.1, 0.15) is 5.82 Å². The molecule has 3 nitrogen and oxygen atoms in total. The van der Waals surface area contributed by atoms with Crippen molar-refractivity contribution in [2.45, 2.75) is 38.5 Å². The average Bonchev–Trinajstić information content (AvgIpc) is 2.65. The second-order valence-electron chi connectivity index (χ2n) is 6.88. The van der Waals surface area contributed by atoms with Crippen LogP contribution in [0.15, 0.2) is 48.8 Å². The minimum absolute atomic E-state index is 0.173. The van der Waals surface area contributed by atoms with Gasteiger partial charge in [0.2, 0.25) is 5.91 Å². The van der Waals surface area contributed by atoms with E-state index in [9.17, 15) is 9.18 Å². The van der Waals surface area contributed by atoms with Gasteiger partial charge >= 0.3 is 0 Å². The highest BCUT2D eigenvalue weighted by molar-refractivity contribution is 5.76. The van der Waals surface area contributed by atoms with Crippen molar-refractivity contribution in [2.75, 3.05) is 13.1 Å². The topological polar surface area (TPSA) is 33.2 Å². The van der Waals surface area contributed by atoms with Crippen molar-refractivity contribution in [2.24, 2.45) is 5.92 Å². The lowest BCUT2D eigenvalue weighted by Gasteiger charge is -2.33. The summed E-state index contributed by atoms with van der Waals surface area (Å²) < 4.78 is 13.3. The number of aryl methyl sites for hydroxylation is 2. The zero-order valence-corrected chi connectivity index (χ0v) is 14.5. The Kier molecular flexibility index (Phi) is 6.15. The number of likely N-dealkylation sites (tertiary alicyclic amines) is 1. The molecule has 0 unspecified atom stereocenters. The van der Waals surface area contributed by atoms with E-state index in [4.69, 9.17) is 0 Å². The first-order valence-electron chi connectivity index (χ1n) is 9.12. The fraction of sp³-hybridized carbons (Fsp3) is 0.429. The number of hydrogen-bond donors (Lipinski definition) is 0. The van der Waals surface area contributed by atoms with Crippen molar-refractivity contribution in [1.82, 2.24) is 9.88 Å². The van der Waals surface area contributed by atoms with Crippen LogP contribution in [-0.4, -0.2) is 28.9 Å². The Hall–Kier alpha value is -2.23. The molecule has 1 aliphatic heterocycles.